The minimum Gasteiger partial charge on any atom is -0.384 e. The van der Waals surface area contributed by atoms with Gasteiger partial charge in [-0.1, -0.05) is 29.8 Å². The van der Waals surface area contributed by atoms with E-state index >= 15 is 0 Å². The lowest BCUT2D eigenvalue weighted by atomic mass is 10.1. The Morgan fingerprint density at radius 2 is 2.00 bits per heavy atom. The number of rotatable bonds is 5. The van der Waals surface area contributed by atoms with Crippen LogP contribution in [0.4, 0.5) is 15.8 Å². The average molecular weight is 295 g/mol. The highest BCUT2D eigenvalue weighted by Crippen LogP contribution is 2.23. The van der Waals surface area contributed by atoms with Gasteiger partial charge in [-0.3, -0.25) is 10.1 Å². The highest BCUT2D eigenvalue weighted by molar-refractivity contribution is 6.33. The maximum atomic E-state index is 12.9. The third-order valence-electron chi connectivity index (χ3n) is 2.83. The molecule has 0 heterocycles. The summed E-state index contributed by atoms with van der Waals surface area (Å²) in [6, 6.07) is 10.6. The van der Waals surface area contributed by atoms with E-state index in [0.717, 1.165) is 0 Å². The van der Waals surface area contributed by atoms with Crippen LogP contribution in [0, 0.1) is 15.9 Å². The Bertz CT molecular complexity index is 634. The lowest BCUT2D eigenvalue weighted by molar-refractivity contribution is -0.385. The van der Waals surface area contributed by atoms with Gasteiger partial charge in [-0.25, -0.2) is 4.39 Å². The smallest absolute Gasteiger partial charge is 0.272 e. The number of hydrogen-bond acceptors (Lipinski definition) is 3. The van der Waals surface area contributed by atoms with Gasteiger partial charge in [-0.2, -0.15) is 0 Å². The average Bonchev–Trinajstić information content (AvgIpc) is 2.41. The number of nitrogens with zero attached hydrogens (tertiary/aromatic N) is 1. The van der Waals surface area contributed by atoms with Crippen molar-refractivity contribution in [2.24, 2.45) is 0 Å². The molecule has 0 atom stereocenters. The molecule has 2 aromatic rings. The van der Waals surface area contributed by atoms with Crippen molar-refractivity contribution in [1.82, 2.24) is 0 Å². The van der Waals surface area contributed by atoms with Crippen molar-refractivity contribution < 1.29 is 9.31 Å². The topological polar surface area (TPSA) is 55.2 Å². The molecule has 20 heavy (non-hydrogen) atoms. The van der Waals surface area contributed by atoms with E-state index in [1.165, 1.54) is 24.3 Å². The van der Waals surface area contributed by atoms with Gasteiger partial charge in [-0.05, 0) is 24.6 Å². The molecule has 0 unspecified atom stereocenters. The Morgan fingerprint density at radius 3 is 2.70 bits per heavy atom. The Balaban J connectivity index is 2.01. The Hall–Kier alpha value is -2.14. The van der Waals surface area contributed by atoms with E-state index in [-0.39, 0.29) is 10.7 Å². The van der Waals surface area contributed by atoms with Crippen molar-refractivity contribution in [3.8, 4) is 0 Å². The zero-order chi connectivity index (χ0) is 14.5. The largest absolute Gasteiger partial charge is 0.384 e. The quantitative estimate of drug-likeness (QED) is 0.669. The van der Waals surface area contributed by atoms with Crippen molar-refractivity contribution in [2.45, 2.75) is 6.42 Å². The number of nitro benzene ring substituents is 1. The fourth-order valence-electron chi connectivity index (χ4n) is 1.87. The molecular weight excluding hydrogens is 283 g/mol. The molecule has 0 saturated carbocycles. The summed E-state index contributed by atoms with van der Waals surface area (Å²) in [5, 5.41) is 14.2. The van der Waals surface area contributed by atoms with Gasteiger partial charge in [-0.15, -0.1) is 0 Å². The van der Waals surface area contributed by atoms with Gasteiger partial charge in [0.15, 0.2) is 0 Å². The molecule has 0 aromatic heterocycles. The SMILES string of the molecule is O=[N+]([O-])c1ccccc1CCNc1ccc(F)cc1Cl. The van der Waals surface area contributed by atoms with E-state index < -0.39 is 10.7 Å². The molecular formula is C14H12ClFN2O2. The molecule has 0 bridgehead atoms. The summed E-state index contributed by atoms with van der Waals surface area (Å²) in [6.07, 6.45) is 0.477. The van der Waals surface area contributed by atoms with Gasteiger partial charge >= 0.3 is 0 Å². The first kappa shape index (κ1) is 14.3. The van der Waals surface area contributed by atoms with Crippen molar-refractivity contribution >= 4 is 23.0 Å². The summed E-state index contributed by atoms with van der Waals surface area (Å²) in [4.78, 5) is 10.5. The van der Waals surface area contributed by atoms with E-state index in [9.17, 15) is 14.5 Å². The molecule has 2 rings (SSSR count). The molecule has 104 valence electrons. The van der Waals surface area contributed by atoms with E-state index in [4.69, 9.17) is 11.6 Å². The first-order valence-electron chi connectivity index (χ1n) is 5.99. The fourth-order valence-corrected chi connectivity index (χ4v) is 2.10. The predicted octanol–water partition coefficient (Wildman–Crippen LogP) is 4.04. The van der Waals surface area contributed by atoms with Crippen LogP contribution in [0.25, 0.3) is 0 Å². The molecule has 0 aliphatic rings. The maximum Gasteiger partial charge on any atom is 0.272 e. The second-order valence-electron chi connectivity index (χ2n) is 4.19. The van der Waals surface area contributed by atoms with Crippen molar-refractivity contribution in [3.05, 3.63) is 69.0 Å². The molecule has 2 aromatic carbocycles. The molecule has 0 saturated heterocycles. The van der Waals surface area contributed by atoms with Crippen LogP contribution in [0.5, 0.6) is 0 Å². The molecule has 6 heteroatoms. The van der Waals surface area contributed by atoms with Gasteiger partial charge in [0.05, 0.1) is 15.6 Å². The minimum atomic E-state index is -0.403. The van der Waals surface area contributed by atoms with Crippen LogP contribution >= 0.6 is 11.6 Å². The van der Waals surface area contributed by atoms with E-state index in [0.29, 0.717) is 24.2 Å². The lowest BCUT2D eigenvalue weighted by Crippen LogP contribution is -2.07. The first-order chi connectivity index (χ1) is 9.58. The summed E-state index contributed by atoms with van der Waals surface area (Å²) in [6.45, 7) is 0.468. The molecule has 0 aliphatic heterocycles. The van der Waals surface area contributed by atoms with Gasteiger partial charge in [0, 0.05) is 18.2 Å². The molecule has 4 nitrogen and oxygen atoms in total. The van der Waals surface area contributed by atoms with Crippen molar-refractivity contribution in [2.75, 3.05) is 11.9 Å². The molecule has 0 fully saturated rings. The predicted molar refractivity (Wildman–Crippen MR) is 76.7 cm³/mol. The summed E-state index contributed by atoms with van der Waals surface area (Å²) in [7, 11) is 0. The third-order valence-corrected chi connectivity index (χ3v) is 3.14. The number of para-hydroxylation sites is 1. The summed E-state index contributed by atoms with van der Waals surface area (Å²) >= 11 is 5.88. The Labute approximate surface area is 120 Å². The monoisotopic (exact) mass is 294 g/mol. The number of halogens is 2. The van der Waals surface area contributed by atoms with Crippen LogP contribution < -0.4 is 5.32 Å². The fraction of sp³-hybridized carbons (Fsp3) is 0.143. The summed E-state index contributed by atoms with van der Waals surface area (Å²) < 4.78 is 12.9. The second-order valence-corrected chi connectivity index (χ2v) is 4.59. The molecule has 0 spiro atoms. The highest BCUT2D eigenvalue weighted by Gasteiger charge is 2.11. The number of hydrogen-bond donors (Lipinski definition) is 1. The number of nitrogens with one attached hydrogen (secondary N) is 1. The minimum absolute atomic E-state index is 0.0968. The molecule has 1 N–H and O–H groups in total. The van der Waals surface area contributed by atoms with E-state index in [1.807, 2.05) is 0 Å². The number of anilines is 1. The molecule has 0 aliphatic carbocycles. The zero-order valence-electron chi connectivity index (χ0n) is 10.5. The normalized spacial score (nSPS) is 10.3. The molecule has 0 radical (unpaired) electrons. The van der Waals surface area contributed by atoms with Crippen LogP contribution in [-0.4, -0.2) is 11.5 Å². The summed E-state index contributed by atoms with van der Waals surface area (Å²) in [5.74, 6) is -0.403. The van der Waals surface area contributed by atoms with Crippen molar-refractivity contribution in [1.29, 1.82) is 0 Å². The standard InChI is InChI=1S/C14H12ClFN2O2/c15-12-9-11(16)5-6-13(12)17-8-7-10-3-1-2-4-14(10)18(19)20/h1-6,9,17H,7-8H2. The Morgan fingerprint density at radius 1 is 1.25 bits per heavy atom. The van der Waals surface area contributed by atoms with Gasteiger partial charge < -0.3 is 5.32 Å². The van der Waals surface area contributed by atoms with Crippen LogP contribution in [0.15, 0.2) is 42.5 Å². The second kappa shape index (κ2) is 6.34. The first-order valence-corrected chi connectivity index (χ1v) is 6.37. The highest BCUT2D eigenvalue weighted by atomic mass is 35.5. The van der Waals surface area contributed by atoms with Crippen molar-refractivity contribution in [3.63, 3.8) is 0 Å². The Kier molecular flexibility index (Phi) is 4.53. The van der Waals surface area contributed by atoms with E-state index in [2.05, 4.69) is 5.32 Å². The maximum absolute atomic E-state index is 12.9. The van der Waals surface area contributed by atoms with Crippen LogP contribution in [0.1, 0.15) is 5.56 Å². The van der Waals surface area contributed by atoms with Gasteiger partial charge in [0.1, 0.15) is 5.82 Å². The van der Waals surface area contributed by atoms with E-state index in [1.54, 1.807) is 18.2 Å². The molecule has 0 amide bonds. The van der Waals surface area contributed by atoms with Crippen LogP contribution in [0.2, 0.25) is 5.02 Å². The van der Waals surface area contributed by atoms with Gasteiger partial charge in [0.2, 0.25) is 0 Å². The zero-order valence-corrected chi connectivity index (χ0v) is 11.2. The van der Waals surface area contributed by atoms with Gasteiger partial charge in [0.25, 0.3) is 5.69 Å². The number of benzene rings is 2. The summed E-state index contributed by atoms with van der Waals surface area (Å²) in [5.41, 5.74) is 1.34. The van der Waals surface area contributed by atoms with Crippen LogP contribution in [-0.2, 0) is 6.42 Å². The lowest BCUT2D eigenvalue weighted by Gasteiger charge is -2.08. The third kappa shape index (κ3) is 3.45. The number of nitro groups is 1. The van der Waals surface area contributed by atoms with Crippen LogP contribution in [0.3, 0.4) is 0 Å².